The highest BCUT2D eigenvalue weighted by atomic mass is 16.5. The van der Waals surface area contributed by atoms with Crippen molar-refractivity contribution in [3.63, 3.8) is 0 Å². The molecular formula is C24H24N4O. The topological polar surface area (TPSA) is 84.8 Å². The second kappa shape index (κ2) is 8.85. The zero-order valence-electron chi connectivity index (χ0n) is 16.3. The van der Waals surface area contributed by atoms with E-state index in [2.05, 4.69) is 40.5 Å². The van der Waals surface area contributed by atoms with Gasteiger partial charge in [0.15, 0.2) is 0 Å². The van der Waals surface area contributed by atoms with Crippen LogP contribution in [0.5, 0.6) is 11.5 Å². The molecule has 0 unspecified atom stereocenters. The Balaban J connectivity index is 1.66. The lowest BCUT2D eigenvalue weighted by atomic mass is 10.0. The van der Waals surface area contributed by atoms with Crippen molar-refractivity contribution in [3.05, 3.63) is 71.5 Å². The minimum atomic E-state index is 0.464. The number of ether oxygens (including phenoxy) is 1. The second-order valence-electron chi connectivity index (χ2n) is 7.46. The molecule has 2 aromatic carbocycles. The van der Waals surface area contributed by atoms with Crippen LogP contribution in [-0.4, -0.2) is 16.7 Å². The van der Waals surface area contributed by atoms with Crippen LogP contribution < -0.4 is 10.5 Å². The van der Waals surface area contributed by atoms with E-state index in [-0.39, 0.29) is 0 Å². The third-order valence-electron chi connectivity index (χ3n) is 5.46. The molecule has 0 atom stereocenters. The van der Waals surface area contributed by atoms with Crippen LogP contribution in [0.2, 0.25) is 0 Å². The smallest absolute Gasteiger partial charge is 0.149 e. The molecule has 4 rings (SSSR count). The quantitative estimate of drug-likeness (QED) is 0.649. The molecule has 0 radical (unpaired) electrons. The van der Waals surface area contributed by atoms with Crippen LogP contribution in [0.15, 0.2) is 54.7 Å². The van der Waals surface area contributed by atoms with E-state index in [0.717, 1.165) is 36.1 Å². The lowest BCUT2D eigenvalue weighted by molar-refractivity contribution is 0.476. The van der Waals surface area contributed by atoms with Gasteiger partial charge < -0.3 is 10.5 Å². The van der Waals surface area contributed by atoms with Gasteiger partial charge in [0, 0.05) is 17.5 Å². The third-order valence-corrected chi connectivity index (χ3v) is 5.46. The molecule has 3 aromatic rings. The average Bonchev–Trinajstić information content (AvgIpc) is 3.30. The van der Waals surface area contributed by atoms with Gasteiger partial charge in [0.2, 0.25) is 0 Å². The van der Waals surface area contributed by atoms with E-state index >= 15 is 0 Å². The Morgan fingerprint density at radius 2 is 1.86 bits per heavy atom. The number of nitrogens with zero attached hydrogens (tertiary/aromatic N) is 3. The van der Waals surface area contributed by atoms with Gasteiger partial charge in [0.25, 0.3) is 0 Å². The number of hydrogen-bond donors (Lipinski definition) is 1. The van der Waals surface area contributed by atoms with Gasteiger partial charge in [-0.25, -0.2) is 0 Å². The maximum Gasteiger partial charge on any atom is 0.149 e. The largest absolute Gasteiger partial charge is 0.455 e. The molecule has 1 aromatic heterocycles. The van der Waals surface area contributed by atoms with Crippen LogP contribution in [0.3, 0.4) is 0 Å². The molecule has 29 heavy (non-hydrogen) atoms. The van der Waals surface area contributed by atoms with Crippen LogP contribution in [0.25, 0.3) is 11.1 Å². The molecule has 1 aliphatic carbocycles. The molecule has 1 heterocycles. The summed E-state index contributed by atoms with van der Waals surface area (Å²) in [5.74, 6) is 1.75. The summed E-state index contributed by atoms with van der Waals surface area (Å²) in [6, 6.07) is 18.0. The molecule has 5 nitrogen and oxygen atoms in total. The van der Waals surface area contributed by atoms with Gasteiger partial charge in [-0.2, -0.15) is 15.5 Å². The summed E-state index contributed by atoms with van der Waals surface area (Å²) in [5.41, 5.74) is 10.4. The van der Waals surface area contributed by atoms with Crippen molar-refractivity contribution >= 4 is 0 Å². The molecule has 0 bridgehead atoms. The van der Waals surface area contributed by atoms with Crippen molar-refractivity contribution in [2.75, 3.05) is 6.54 Å². The maximum absolute atomic E-state index is 9.33. The molecule has 1 aliphatic rings. The van der Waals surface area contributed by atoms with Crippen molar-refractivity contribution in [1.82, 2.24) is 10.2 Å². The van der Waals surface area contributed by atoms with E-state index in [1.807, 2.05) is 18.2 Å². The molecule has 0 saturated heterocycles. The van der Waals surface area contributed by atoms with E-state index in [1.54, 1.807) is 12.3 Å². The van der Waals surface area contributed by atoms with Gasteiger partial charge in [-0.3, -0.25) is 0 Å². The first kappa shape index (κ1) is 19.1. The van der Waals surface area contributed by atoms with Crippen LogP contribution in [-0.2, 0) is 6.42 Å². The van der Waals surface area contributed by atoms with Crippen molar-refractivity contribution in [2.45, 2.75) is 38.0 Å². The lowest BCUT2D eigenvalue weighted by Gasteiger charge is -2.14. The average molecular weight is 384 g/mol. The van der Waals surface area contributed by atoms with Crippen LogP contribution >= 0.6 is 0 Å². The van der Waals surface area contributed by atoms with E-state index in [4.69, 9.17) is 10.5 Å². The summed E-state index contributed by atoms with van der Waals surface area (Å²) in [6.45, 7) is 0.628. The molecule has 0 spiro atoms. The summed E-state index contributed by atoms with van der Waals surface area (Å²) >= 11 is 0. The van der Waals surface area contributed by atoms with E-state index in [9.17, 15) is 5.26 Å². The molecular weight excluding hydrogens is 360 g/mol. The van der Waals surface area contributed by atoms with Crippen molar-refractivity contribution in [2.24, 2.45) is 5.73 Å². The van der Waals surface area contributed by atoms with Gasteiger partial charge in [0.1, 0.15) is 11.5 Å². The van der Waals surface area contributed by atoms with E-state index < -0.39 is 0 Å². The normalized spacial score (nSPS) is 13.9. The monoisotopic (exact) mass is 384 g/mol. The molecule has 1 saturated carbocycles. The molecule has 146 valence electrons. The Labute approximate surface area is 171 Å². The van der Waals surface area contributed by atoms with Crippen molar-refractivity contribution in [1.29, 1.82) is 5.26 Å². The molecule has 0 amide bonds. The van der Waals surface area contributed by atoms with Gasteiger partial charge in [-0.15, -0.1) is 0 Å². The molecule has 2 N–H and O–H groups in total. The number of nitriles is 1. The highest BCUT2D eigenvalue weighted by molar-refractivity contribution is 5.72. The fraction of sp³-hybridized carbons (Fsp3) is 0.292. The summed E-state index contributed by atoms with van der Waals surface area (Å²) in [7, 11) is 0. The number of benzene rings is 2. The maximum atomic E-state index is 9.33. The lowest BCUT2D eigenvalue weighted by Crippen LogP contribution is -2.02. The zero-order valence-corrected chi connectivity index (χ0v) is 16.3. The Morgan fingerprint density at radius 3 is 2.59 bits per heavy atom. The predicted octanol–water partition coefficient (Wildman–Crippen LogP) is 4.97. The Kier molecular flexibility index (Phi) is 5.83. The minimum Gasteiger partial charge on any atom is -0.455 e. The predicted molar refractivity (Wildman–Crippen MR) is 113 cm³/mol. The number of nitrogens with two attached hydrogens (primary N) is 1. The van der Waals surface area contributed by atoms with Gasteiger partial charge >= 0.3 is 0 Å². The molecule has 0 aliphatic heterocycles. The van der Waals surface area contributed by atoms with Gasteiger partial charge in [-0.1, -0.05) is 37.1 Å². The Morgan fingerprint density at radius 1 is 1.07 bits per heavy atom. The summed E-state index contributed by atoms with van der Waals surface area (Å²) in [5, 5.41) is 17.8. The molecule has 1 fully saturated rings. The van der Waals surface area contributed by atoms with Crippen molar-refractivity contribution < 1.29 is 4.74 Å². The number of aromatic nitrogens is 2. The fourth-order valence-corrected chi connectivity index (χ4v) is 3.90. The summed E-state index contributed by atoms with van der Waals surface area (Å²) in [6.07, 6.45) is 7.28. The van der Waals surface area contributed by atoms with Gasteiger partial charge in [0.05, 0.1) is 23.5 Å². The van der Waals surface area contributed by atoms with E-state index in [1.165, 1.54) is 18.4 Å². The van der Waals surface area contributed by atoms with Gasteiger partial charge in [-0.05, 0) is 55.1 Å². The Bertz CT molecular complexity index is 1020. The third kappa shape index (κ3) is 4.44. The van der Waals surface area contributed by atoms with Crippen LogP contribution in [0.4, 0.5) is 0 Å². The highest BCUT2D eigenvalue weighted by Gasteiger charge is 2.19. The second-order valence-corrected chi connectivity index (χ2v) is 7.46. The standard InChI is InChI=1S/C24H24N4O/c25-12-11-17-5-8-19(9-6-17)22-10-7-18(15-26)13-24(22)29-21-14-23(28-27-16-21)20-3-1-2-4-20/h5-10,13-14,16,20H,1-4,11-12,25H2. The summed E-state index contributed by atoms with van der Waals surface area (Å²) in [4.78, 5) is 0. The fourth-order valence-electron chi connectivity index (χ4n) is 3.90. The minimum absolute atomic E-state index is 0.464. The first-order valence-electron chi connectivity index (χ1n) is 10.1. The van der Waals surface area contributed by atoms with Crippen molar-refractivity contribution in [3.8, 4) is 28.7 Å². The molecule has 5 heteroatoms. The number of rotatable bonds is 6. The highest BCUT2D eigenvalue weighted by Crippen LogP contribution is 2.37. The first-order valence-corrected chi connectivity index (χ1v) is 10.1. The first-order chi connectivity index (χ1) is 14.3. The SMILES string of the molecule is N#Cc1ccc(-c2ccc(CCN)cc2)c(Oc2cnnc(C3CCCC3)c2)c1. The summed E-state index contributed by atoms with van der Waals surface area (Å²) < 4.78 is 6.21. The Hall–Kier alpha value is -3.23. The van der Waals surface area contributed by atoms with Crippen LogP contribution in [0, 0.1) is 11.3 Å². The van der Waals surface area contributed by atoms with Crippen LogP contribution in [0.1, 0.15) is 48.4 Å². The zero-order chi connectivity index (χ0) is 20.1. The number of hydrogen-bond acceptors (Lipinski definition) is 5. The van der Waals surface area contributed by atoms with E-state index in [0.29, 0.717) is 29.5 Å².